The molecule has 2 atom stereocenters. The van der Waals surface area contributed by atoms with Gasteiger partial charge in [-0.05, 0) is 30.2 Å². The van der Waals surface area contributed by atoms with Crippen molar-refractivity contribution in [2.75, 3.05) is 13.1 Å². The molecule has 6 heteroatoms. The Morgan fingerprint density at radius 2 is 2.15 bits per heavy atom. The van der Waals surface area contributed by atoms with E-state index in [1.807, 2.05) is 12.1 Å². The molecule has 0 bridgehead atoms. The molecular formula is C14H15Cl2N3O. The zero-order valence-electron chi connectivity index (χ0n) is 11.1. The van der Waals surface area contributed by atoms with Crippen LogP contribution >= 0.6 is 23.2 Å². The van der Waals surface area contributed by atoms with Crippen LogP contribution < -0.4 is 5.32 Å². The second kappa shape index (κ2) is 5.72. The summed E-state index contributed by atoms with van der Waals surface area (Å²) in [7, 11) is 0. The van der Waals surface area contributed by atoms with E-state index in [1.54, 1.807) is 6.07 Å². The third kappa shape index (κ3) is 2.82. The van der Waals surface area contributed by atoms with Crippen LogP contribution in [-0.2, 0) is 6.42 Å². The fraction of sp³-hybridized carbons (Fsp3) is 0.429. The normalized spacial score (nSPS) is 22.4. The van der Waals surface area contributed by atoms with E-state index in [-0.39, 0.29) is 0 Å². The number of hydrogen-bond acceptors (Lipinski definition) is 4. The van der Waals surface area contributed by atoms with E-state index in [1.165, 1.54) is 0 Å². The van der Waals surface area contributed by atoms with Crippen molar-refractivity contribution < 1.29 is 4.52 Å². The molecule has 0 amide bonds. The van der Waals surface area contributed by atoms with Gasteiger partial charge < -0.3 is 9.84 Å². The summed E-state index contributed by atoms with van der Waals surface area (Å²) in [5, 5.41) is 8.48. The lowest BCUT2D eigenvalue weighted by Gasteiger charge is -2.07. The molecule has 1 aliphatic heterocycles. The molecule has 1 saturated heterocycles. The van der Waals surface area contributed by atoms with Crippen molar-refractivity contribution in [1.82, 2.24) is 15.5 Å². The van der Waals surface area contributed by atoms with E-state index < -0.39 is 0 Å². The van der Waals surface area contributed by atoms with Crippen LogP contribution in [0.1, 0.15) is 30.1 Å². The van der Waals surface area contributed by atoms with Crippen LogP contribution in [-0.4, -0.2) is 23.2 Å². The first-order valence-electron chi connectivity index (χ1n) is 6.60. The molecule has 0 saturated carbocycles. The monoisotopic (exact) mass is 311 g/mol. The van der Waals surface area contributed by atoms with Gasteiger partial charge in [-0.1, -0.05) is 41.3 Å². The van der Waals surface area contributed by atoms with E-state index >= 15 is 0 Å². The lowest BCUT2D eigenvalue weighted by atomic mass is 9.98. The Hall–Kier alpha value is -1.10. The van der Waals surface area contributed by atoms with Crippen molar-refractivity contribution in [2.45, 2.75) is 19.3 Å². The number of halogens is 2. The Morgan fingerprint density at radius 3 is 2.85 bits per heavy atom. The van der Waals surface area contributed by atoms with E-state index in [0.29, 0.717) is 34.1 Å². The summed E-state index contributed by atoms with van der Waals surface area (Å²) in [6.45, 7) is 4.08. The van der Waals surface area contributed by atoms with Crippen LogP contribution in [0, 0.1) is 5.92 Å². The third-order valence-corrected chi connectivity index (χ3v) is 4.40. The highest BCUT2D eigenvalue weighted by molar-refractivity contribution is 6.42. The minimum absolute atomic E-state index is 0.310. The molecule has 0 aliphatic carbocycles. The number of benzene rings is 1. The quantitative estimate of drug-likeness (QED) is 0.945. The zero-order chi connectivity index (χ0) is 14.1. The van der Waals surface area contributed by atoms with E-state index in [2.05, 4.69) is 22.4 Å². The summed E-state index contributed by atoms with van der Waals surface area (Å²) >= 11 is 11.9. The maximum atomic E-state index is 6.00. The molecule has 1 N–H and O–H groups in total. The standard InChI is InChI=1S/C14H15Cl2N3O/c1-8-6-17-7-10(8)14-18-13(19-20-14)5-9-2-3-11(15)12(16)4-9/h2-4,8,10,17H,5-7H2,1H3/t8-,10-/m1/s1. The van der Waals surface area contributed by atoms with Gasteiger partial charge in [-0.15, -0.1) is 0 Å². The molecule has 0 radical (unpaired) electrons. The van der Waals surface area contributed by atoms with Crippen LogP contribution in [0.15, 0.2) is 22.7 Å². The van der Waals surface area contributed by atoms with Gasteiger partial charge in [0.15, 0.2) is 5.82 Å². The SMILES string of the molecule is C[C@@H]1CNC[C@H]1c1nc(Cc2ccc(Cl)c(Cl)c2)no1. The van der Waals surface area contributed by atoms with E-state index in [4.69, 9.17) is 27.7 Å². The fourth-order valence-electron chi connectivity index (χ4n) is 2.46. The average molecular weight is 312 g/mol. The van der Waals surface area contributed by atoms with Crippen LogP contribution in [0.5, 0.6) is 0 Å². The van der Waals surface area contributed by atoms with Crippen LogP contribution in [0.25, 0.3) is 0 Å². The van der Waals surface area contributed by atoms with Gasteiger partial charge >= 0.3 is 0 Å². The second-order valence-electron chi connectivity index (χ2n) is 5.22. The summed E-state index contributed by atoms with van der Waals surface area (Å²) in [6.07, 6.45) is 0.592. The number of hydrogen-bond donors (Lipinski definition) is 1. The lowest BCUT2D eigenvalue weighted by molar-refractivity contribution is 0.337. The van der Waals surface area contributed by atoms with E-state index in [0.717, 1.165) is 24.5 Å². The minimum Gasteiger partial charge on any atom is -0.339 e. The van der Waals surface area contributed by atoms with Crippen molar-refractivity contribution in [3.05, 3.63) is 45.5 Å². The molecule has 1 fully saturated rings. The Kier molecular flexibility index (Phi) is 3.96. The highest BCUT2D eigenvalue weighted by atomic mass is 35.5. The Bertz CT molecular complexity index is 614. The predicted octanol–water partition coefficient (Wildman–Crippen LogP) is 3.29. The minimum atomic E-state index is 0.310. The number of nitrogens with zero attached hydrogens (tertiary/aromatic N) is 2. The number of rotatable bonds is 3. The second-order valence-corrected chi connectivity index (χ2v) is 6.03. The maximum absolute atomic E-state index is 6.00. The Labute approximate surface area is 127 Å². The third-order valence-electron chi connectivity index (χ3n) is 3.66. The van der Waals surface area contributed by atoms with Crippen molar-refractivity contribution in [3.63, 3.8) is 0 Å². The first-order chi connectivity index (χ1) is 9.63. The molecule has 0 unspecified atom stereocenters. The topological polar surface area (TPSA) is 51.0 Å². The Morgan fingerprint density at radius 1 is 1.30 bits per heavy atom. The largest absolute Gasteiger partial charge is 0.339 e. The number of nitrogens with one attached hydrogen (secondary N) is 1. The van der Waals surface area contributed by atoms with Crippen molar-refractivity contribution in [3.8, 4) is 0 Å². The summed E-state index contributed by atoms with van der Waals surface area (Å²) in [5.41, 5.74) is 1.02. The Balaban J connectivity index is 1.75. The molecule has 4 nitrogen and oxygen atoms in total. The van der Waals surface area contributed by atoms with Gasteiger partial charge in [0.1, 0.15) is 0 Å². The van der Waals surface area contributed by atoms with Gasteiger partial charge in [0.25, 0.3) is 0 Å². The summed E-state index contributed by atoms with van der Waals surface area (Å²) in [6, 6.07) is 5.53. The zero-order valence-corrected chi connectivity index (χ0v) is 12.6. The maximum Gasteiger partial charge on any atom is 0.231 e. The first kappa shape index (κ1) is 13.9. The van der Waals surface area contributed by atoms with Gasteiger partial charge in [0.2, 0.25) is 5.89 Å². The molecule has 3 rings (SSSR count). The fourth-order valence-corrected chi connectivity index (χ4v) is 2.78. The highest BCUT2D eigenvalue weighted by Crippen LogP contribution is 2.27. The molecule has 2 aromatic rings. The highest BCUT2D eigenvalue weighted by Gasteiger charge is 2.29. The van der Waals surface area contributed by atoms with Gasteiger partial charge in [-0.2, -0.15) is 4.98 Å². The molecule has 106 valence electrons. The van der Waals surface area contributed by atoms with Gasteiger partial charge in [0.05, 0.1) is 16.0 Å². The molecule has 1 aromatic heterocycles. The predicted molar refractivity (Wildman–Crippen MR) is 78.3 cm³/mol. The summed E-state index contributed by atoms with van der Waals surface area (Å²) < 4.78 is 5.38. The van der Waals surface area contributed by atoms with Crippen LogP contribution in [0.3, 0.4) is 0 Å². The molecule has 20 heavy (non-hydrogen) atoms. The first-order valence-corrected chi connectivity index (χ1v) is 7.36. The molecular weight excluding hydrogens is 297 g/mol. The lowest BCUT2D eigenvalue weighted by Crippen LogP contribution is -2.08. The van der Waals surface area contributed by atoms with Crippen molar-refractivity contribution in [2.24, 2.45) is 5.92 Å². The van der Waals surface area contributed by atoms with Gasteiger partial charge in [0, 0.05) is 13.0 Å². The van der Waals surface area contributed by atoms with Gasteiger partial charge in [-0.25, -0.2) is 0 Å². The van der Waals surface area contributed by atoms with E-state index in [9.17, 15) is 0 Å². The smallest absolute Gasteiger partial charge is 0.231 e. The molecule has 0 spiro atoms. The summed E-state index contributed by atoms with van der Waals surface area (Å²) in [5.74, 6) is 2.23. The van der Waals surface area contributed by atoms with Gasteiger partial charge in [-0.3, -0.25) is 0 Å². The van der Waals surface area contributed by atoms with Crippen LogP contribution in [0.4, 0.5) is 0 Å². The van der Waals surface area contributed by atoms with Crippen molar-refractivity contribution >= 4 is 23.2 Å². The molecule has 2 heterocycles. The molecule has 1 aromatic carbocycles. The van der Waals surface area contributed by atoms with Crippen LogP contribution in [0.2, 0.25) is 10.0 Å². The average Bonchev–Trinajstić information content (AvgIpc) is 3.03. The number of aromatic nitrogens is 2. The van der Waals surface area contributed by atoms with Crippen molar-refractivity contribution in [1.29, 1.82) is 0 Å². The summed E-state index contributed by atoms with van der Waals surface area (Å²) in [4.78, 5) is 4.50. The molecule has 1 aliphatic rings.